The molecule has 0 fully saturated rings. The van der Waals surface area contributed by atoms with Crippen LogP contribution >= 0.6 is 0 Å². The van der Waals surface area contributed by atoms with Gasteiger partial charge in [-0.3, -0.25) is 9.78 Å². The quantitative estimate of drug-likeness (QED) is 0.0924. The van der Waals surface area contributed by atoms with Gasteiger partial charge in [-0.25, -0.2) is 4.39 Å². The minimum absolute atomic E-state index is 0. The fraction of sp³-hybridized carbons (Fsp3) is 0.351. The first-order valence-electron chi connectivity index (χ1n) is 15.1. The molecule has 0 aliphatic rings. The average Bonchev–Trinajstić information content (AvgIpc) is 3.35. The summed E-state index contributed by atoms with van der Waals surface area (Å²) in [5.74, 6) is 0.605. The van der Waals surface area contributed by atoms with Crippen molar-refractivity contribution >= 4 is 38.5 Å². The van der Waals surface area contributed by atoms with E-state index in [1.54, 1.807) is 12.3 Å². The predicted octanol–water partition coefficient (Wildman–Crippen LogP) is 10.7. The minimum atomic E-state index is -0.310. The number of furan rings is 1. The van der Waals surface area contributed by atoms with Crippen LogP contribution in [0.5, 0.6) is 0 Å². The number of aliphatic hydroxyl groups is 1. The summed E-state index contributed by atoms with van der Waals surface area (Å²) in [5.41, 5.74) is 4.07. The number of halogens is 1. The SMILES string of the molecule is CC(C)c1cc(-c2nccc3c2oc2cc(F)ccc23)[c-]c2ccccc12.CCC(CC)C(=O)/C=C(\O)C(CC)CC.[Ir]. The van der Waals surface area contributed by atoms with Crippen molar-refractivity contribution in [1.82, 2.24) is 4.98 Å². The Bertz CT molecular complexity index is 1710. The Labute approximate surface area is 267 Å². The molecule has 4 nitrogen and oxygen atoms in total. The summed E-state index contributed by atoms with van der Waals surface area (Å²) >= 11 is 0. The smallest absolute Gasteiger partial charge is 0.162 e. The molecule has 3 aromatic carbocycles. The van der Waals surface area contributed by atoms with Crippen LogP contribution in [0.25, 0.3) is 44.0 Å². The van der Waals surface area contributed by atoms with Crippen molar-refractivity contribution in [3.8, 4) is 11.3 Å². The van der Waals surface area contributed by atoms with Crippen molar-refractivity contribution < 1.29 is 38.8 Å². The van der Waals surface area contributed by atoms with E-state index in [-0.39, 0.29) is 49.3 Å². The maximum Gasteiger partial charge on any atom is 0.162 e. The van der Waals surface area contributed by atoms with E-state index >= 15 is 0 Å². The molecule has 0 bridgehead atoms. The maximum atomic E-state index is 13.6. The van der Waals surface area contributed by atoms with Gasteiger partial charge in [0.15, 0.2) is 5.78 Å². The van der Waals surface area contributed by atoms with E-state index < -0.39 is 0 Å². The first kappa shape index (κ1) is 34.2. The zero-order valence-electron chi connectivity index (χ0n) is 25.8. The number of carbonyl (C=O) groups excluding carboxylic acids is 1. The average molecular weight is 759 g/mol. The molecule has 2 aromatic heterocycles. The molecule has 1 N–H and O–H groups in total. The summed E-state index contributed by atoms with van der Waals surface area (Å²) in [6, 6.07) is 20.4. The van der Waals surface area contributed by atoms with Crippen LogP contribution in [0.1, 0.15) is 78.7 Å². The minimum Gasteiger partial charge on any atom is -0.512 e. The third-order valence-electron chi connectivity index (χ3n) is 8.12. The van der Waals surface area contributed by atoms with Crippen LogP contribution in [0, 0.1) is 23.7 Å². The topological polar surface area (TPSA) is 63.3 Å². The van der Waals surface area contributed by atoms with Gasteiger partial charge in [0.25, 0.3) is 0 Å². The monoisotopic (exact) mass is 759 g/mol. The van der Waals surface area contributed by atoms with E-state index in [2.05, 4.69) is 49.2 Å². The Morgan fingerprint density at radius 3 is 2.26 bits per heavy atom. The summed E-state index contributed by atoms with van der Waals surface area (Å²) in [7, 11) is 0. The van der Waals surface area contributed by atoms with Crippen LogP contribution in [-0.2, 0) is 24.9 Å². The summed E-state index contributed by atoms with van der Waals surface area (Å²) in [5, 5.41) is 13.8. The van der Waals surface area contributed by atoms with E-state index in [1.165, 1.54) is 29.2 Å². The number of fused-ring (bicyclic) bond motifs is 4. The second-order valence-electron chi connectivity index (χ2n) is 11.1. The summed E-state index contributed by atoms with van der Waals surface area (Å²) in [6.45, 7) is 12.4. The number of benzene rings is 3. The molecule has 0 saturated heterocycles. The number of pyridine rings is 1. The Hall–Kier alpha value is -3.34. The Kier molecular flexibility index (Phi) is 12.2. The summed E-state index contributed by atoms with van der Waals surface area (Å²) < 4.78 is 19.6. The first-order valence-corrected chi connectivity index (χ1v) is 15.1. The van der Waals surface area contributed by atoms with E-state index in [0.29, 0.717) is 17.1 Å². The summed E-state index contributed by atoms with van der Waals surface area (Å²) in [6.07, 6.45) is 6.68. The van der Waals surface area contributed by atoms with Crippen LogP contribution in [-0.4, -0.2) is 15.9 Å². The molecule has 6 heteroatoms. The van der Waals surface area contributed by atoms with Crippen LogP contribution in [0.15, 0.2) is 77.0 Å². The van der Waals surface area contributed by atoms with Gasteiger partial charge in [-0.1, -0.05) is 70.7 Å². The van der Waals surface area contributed by atoms with Gasteiger partial charge in [0.2, 0.25) is 0 Å². The molecule has 229 valence electrons. The number of rotatable bonds is 9. The second-order valence-corrected chi connectivity index (χ2v) is 11.1. The van der Waals surface area contributed by atoms with E-state index in [9.17, 15) is 14.3 Å². The summed E-state index contributed by atoms with van der Waals surface area (Å²) in [4.78, 5) is 16.3. The van der Waals surface area contributed by atoms with E-state index in [1.807, 2.05) is 39.8 Å². The van der Waals surface area contributed by atoms with Gasteiger partial charge in [-0.05, 0) is 49.8 Å². The number of hydrogen-bond acceptors (Lipinski definition) is 4. The third kappa shape index (κ3) is 7.60. The van der Waals surface area contributed by atoms with Crippen molar-refractivity contribution in [2.45, 2.75) is 73.1 Å². The Morgan fingerprint density at radius 2 is 1.60 bits per heavy atom. The van der Waals surface area contributed by atoms with Gasteiger partial charge < -0.3 is 9.52 Å². The number of allylic oxidation sites excluding steroid dienone is 2. The Morgan fingerprint density at radius 1 is 0.930 bits per heavy atom. The number of hydrogen-bond donors (Lipinski definition) is 1. The van der Waals surface area contributed by atoms with Crippen molar-refractivity contribution in [2.24, 2.45) is 11.8 Å². The van der Waals surface area contributed by atoms with Crippen molar-refractivity contribution in [1.29, 1.82) is 0 Å². The van der Waals surface area contributed by atoms with Crippen molar-refractivity contribution in [3.05, 3.63) is 90.1 Å². The molecule has 5 rings (SSSR count). The van der Waals surface area contributed by atoms with Gasteiger partial charge in [0, 0.05) is 66.7 Å². The van der Waals surface area contributed by atoms with Crippen LogP contribution < -0.4 is 0 Å². The molecular weight excluding hydrogens is 718 g/mol. The van der Waals surface area contributed by atoms with Crippen molar-refractivity contribution in [2.75, 3.05) is 0 Å². The van der Waals surface area contributed by atoms with Gasteiger partial charge >= 0.3 is 0 Å². The molecule has 43 heavy (non-hydrogen) atoms. The van der Waals surface area contributed by atoms with Crippen LogP contribution in [0.3, 0.4) is 0 Å². The van der Waals surface area contributed by atoms with Gasteiger partial charge in [0.05, 0.1) is 5.76 Å². The Balaban J connectivity index is 0.000000274. The largest absolute Gasteiger partial charge is 0.512 e. The zero-order chi connectivity index (χ0) is 30.4. The normalized spacial score (nSPS) is 11.8. The van der Waals surface area contributed by atoms with Gasteiger partial charge in [0.1, 0.15) is 17.0 Å². The van der Waals surface area contributed by atoms with Gasteiger partial charge in [-0.15, -0.1) is 29.1 Å². The molecule has 2 heterocycles. The number of aromatic nitrogens is 1. The fourth-order valence-electron chi connectivity index (χ4n) is 5.51. The molecule has 5 aromatic rings. The maximum absolute atomic E-state index is 13.6. The number of nitrogens with zero attached hydrogens (tertiary/aromatic N) is 1. The molecule has 0 atom stereocenters. The third-order valence-corrected chi connectivity index (χ3v) is 8.12. The molecular formula is C37H41FIrNO3-. The molecule has 1 radical (unpaired) electrons. The number of carbonyl (C=O) groups is 1. The molecule has 0 unspecified atom stereocenters. The van der Waals surface area contributed by atoms with Crippen LogP contribution in [0.4, 0.5) is 4.39 Å². The van der Waals surface area contributed by atoms with E-state index in [4.69, 9.17) is 4.42 Å². The zero-order valence-corrected chi connectivity index (χ0v) is 28.2. The first-order chi connectivity index (χ1) is 20.2. The van der Waals surface area contributed by atoms with Crippen LogP contribution in [0.2, 0.25) is 0 Å². The number of aliphatic hydroxyl groups excluding tert-OH is 1. The molecule has 0 spiro atoms. The predicted molar refractivity (Wildman–Crippen MR) is 171 cm³/mol. The fourth-order valence-corrected chi connectivity index (χ4v) is 5.51. The number of ketones is 1. The molecule has 0 aliphatic carbocycles. The van der Waals surface area contributed by atoms with Crippen molar-refractivity contribution in [3.63, 3.8) is 0 Å². The van der Waals surface area contributed by atoms with Gasteiger partial charge in [-0.2, -0.15) is 0 Å². The van der Waals surface area contributed by atoms with E-state index in [0.717, 1.165) is 53.1 Å². The standard InChI is InChI=1S/C24H17FNO.C13H24O2.Ir/c1-14(2)21-12-16(11-15-5-3-4-6-18(15)21)23-24-20(9-10-26-23)19-8-7-17(25)13-22(19)27-24;1-5-10(6-2)12(14)9-13(15)11(7-3)8-4;/h3-10,12-14H,1-2H3;9-11,14H,5-8H2,1-4H3;/q-1;;/b;12-9-;. The molecule has 0 amide bonds. The molecule has 0 saturated carbocycles. The molecule has 0 aliphatic heterocycles. The second kappa shape index (κ2) is 15.4.